The first-order valence-electron chi connectivity index (χ1n) is 24.5. The fourth-order valence-electron chi connectivity index (χ4n) is 6.84. The van der Waals surface area contributed by atoms with Gasteiger partial charge in [-0.2, -0.15) is 0 Å². The predicted molar refractivity (Wildman–Crippen MR) is 242 cm³/mol. The molecule has 6 nitrogen and oxygen atoms in total. The molecule has 0 spiro atoms. The first kappa shape index (κ1) is 54.6. The Hall–Kier alpha value is -2.37. The Kier molecular flexibility index (Phi) is 44.4. The average Bonchev–Trinajstić information content (AvgIpc) is 3.21. The molecule has 0 fully saturated rings. The second-order valence-corrected chi connectivity index (χ2v) is 16.4. The van der Waals surface area contributed by atoms with Crippen LogP contribution < -0.4 is 0 Å². The number of allylic oxidation sites excluding steroid dienone is 6. The second-order valence-electron chi connectivity index (χ2n) is 16.4. The molecule has 0 saturated carbocycles. The normalized spacial score (nSPS) is 12.3. The molecule has 0 aromatic carbocycles. The van der Waals surface area contributed by atoms with Crippen molar-refractivity contribution in [3.05, 3.63) is 36.5 Å². The maximum Gasteiger partial charge on any atom is 0.306 e. The molecule has 0 radical (unpaired) electrons. The van der Waals surface area contributed by atoms with Gasteiger partial charge in [-0.15, -0.1) is 0 Å². The molecule has 0 N–H and O–H groups in total. The molecule has 0 heterocycles. The lowest BCUT2D eigenvalue weighted by molar-refractivity contribution is -0.167. The third kappa shape index (κ3) is 44.6. The van der Waals surface area contributed by atoms with Gasteiger partial charge in [0.2, 0.25) is 0 Å². The molecule has 0 saturated heterocycles. The smallest absolute Gasteiger partial charge is 0.306 e. The fraction of sp³-hybridized carbons (Fsp3) is 0.824. The number of rotatable bonds is 44. The summed E-state index contributed by atoms with van der Waals surface area (Å²) in [4.78, 5) is 37.8. The highest BCUT2D eigenvalue weighted by Crippen LogP contribution is 2.13. The maximum atomic E-state index is 12.7. The van der Waals surface area contributed by atoms with Crippen LogP contribution in [0.15, 0.2) is 36.5 Å². The van der Waals surface area contributed by atoms with Crippen molar-refractivity contribution in [2.24, 2.45) is 0 Å². The van der Waals surface area contributed by atoms with Crippen molar-refractivity contribution in [1.82, 2.24) is 0 Å². The lowest BCUT2D eigenvalue weighted by Gasteiger charge is -2.18. The zero-order valence-electron chi connectivity index (χ0n) is 37.9. The maximum absolute atomic E-state index is 12.7. The molecular weight excluding hydrogens is 709 g/mol. The van der Waals surface area contributed by atoms with E-state index in [4.69, 9.17) is 14.2 Å². The van der Waals surface area contributed by atoms with E-state index in [2.05, 4.69) is 57.2 Å². The van der Waals surface area contributed by atoms with Gasteiger partial charge >= 0.3 is 17.9 Å². The van der Waals surface area contributed by atoms with E-state index in [0.717, 1.165) is 96.3 Å². The van der Waals surface area contributed by atoms with Crippen LogP contribution in [0.3, 0.4) is 0 Å². The number of hydrogen-bond acceptors (Lipinski definition) is 6. The molecule has 0 amide bonds. The molecule has 0 unspecified atom stereocenters. The molecule has 57 heavy (non-hydrogen) atoms. The van der Waals surface area contributed by atoms with E-state index in [9.17, 15) is 14.4 Å². The van der Waals surface area contributed by atoms with Crippen molar-refractivity contribution in [1.29, 1.82) is 0 Å². The van der Waals surface area contributed by atoms with E-state index >= 15 is 0 Å². The first-order valence-corrected chi connectivity index (χ1v) is 24.5. The van der Waals surface area contributed by atoms with Crippen LogP contribution in [0.4, 0.5) is 0 Å². The largest absolute Gasteiger partial charge is 0.462 e. The van der Waals surface area contributed by atoms with E-state index in [1.165, 1.54) is 116 Å². The number of ether oxygens (including phenoxy) is 3. The quantitative estimate of drug-likeness (QED) is 0.0264. The summed E-state index contributed by atoms with van der Waals surface area (Å²) in [6.45, 7) is 6.58. The molecule has 0 atom stereocenters. The lowest BCUT2D eigenvalue weighted by Crippen LogP contribution is -2.30. The summed E-state index contributed by atoms with van der Waals surface area (Å²) in [6, 6.07) is 0. The summed E-state index contributed by atoms with van der Waals surface area (Å²) >= 11 is 0. The van der Waals surface area contributed by atoms with Gasteiger partial charge in [0.1, 0.15) is 13.2 Å². The van der Waals surface area contributed by atoms with Crippen molar-refractivity contribution in [2.45, 2.75) is 258 Å². The summed E-state index contributed by atoms with van der Waals surface area (Å²) in [5.41, 5.74) is 0. The van der Waals surface area contributed by atoms with Gasteiger partial charge in [-0.25, -0.2) is 0 Å². The highest BCUT2D eigenvalue weighted by Gasteiger charge is 2.19. The van der Waals surface area contributed by atoms with Crippen molar-refractivity contribution in [3.8, 4) is 0 Å². The predicted octanol–water partition coefficient (Wildman–Crippen LogP) is 15.8. The fourth-order valence-corrected chi connectivity index (χ4v) is 6.84. The molecule has 332 valence electrons. The van der Waals surface area contributed by atoms with E-state index in [-0.39, 0.29) is 31.1 Å². The Balaban J connectivity index is 4.43. The van der Waals surface area contributed by atoms with Crippen LogP contribution in [0.2, 0.25) is 0 Å². The summed E-state index contributed by atoms with van der Waals surface area (Å²) in [5, 5.41) is 0. The summed E-state index contributed by atoms with van der Waals surface area (Å²) in [6.07, 6.45) is 52.7. The topological polar surface area (TPSA) is 78.9 Å². The van der Waals surface area contributed by atoms with Gasteiger partial charge in [-0.1, -0.05) is 173 Å². The van der Waals surface area contributed by atoms with Crippen LogP contribution in [0.25, 0.3) is 0 Å². The van der Waals surface area contributed by atoms with E-state index < -0.39 is 6.10 Å². The number of carbonyl (C=O) groups is 3. The summed E-state index contributed by atoms with van der Waals surface area (Å²) in [5.74, 6) is -0.932. The van der Waals surface area contributed by atoms with Crippen LogP contribution >= 0.6 is 0 Å². The highest BCUT2D eigenvalue weighted by atomic mass is 16.6. The molecule has 0 aliphatic carbocycles. The minimum absolute atomic E-state index is 0.0898. The third-order valence-electron chi connectivity index (χ3n) is 10.6. The highest BCUT2D eigenvalue weighted by molar-refractivity contribution is 5.71. The first-order chi connectivity index (χ1) is 28.0. The molecule has 0 aromatic heterocycles. The van der Waals surface area contributed by atoms with Crippen molar-refractivity contribution in [3.63, 3.8) is 0 Å². The number of unbranched alkanes of at least 4 members (excludes halogenated alkanes) is 27. The second kappa shape index (κ2) is 46.3. The van der Waals surface area contributed by atoms with Crippen LogP contribution in [0.1, 0.15) is 252 Å². The van der Waals surface area contributed by atoms with Gasteiger partial charge in [0, 0.05) is 19.3 Å². The minimum atomic E-state index is -0.788. The monoisotopic (exact) mass is 801 g/mol. The van der Waals surface area contributed by atoms with Crippen LogP contribution in [-0.2, 0) is 28.6 Å². The number of carbonyl (C=O) groups excluding carboxylic acids is 3. The summed E-state index contributed by atoms with van der Waals surface area (Å²) < 4.78 is 16.7. The Bertz CT molecular complexity index is 917. The molecule has 6 heteroatoms. The molecule has 0 aromatic rings. The Morgan fingerprint density at radius 1 is 0.333 bits per heavy atom. The Labute approximate surface area is 353 Å². The minimum Gasteiger partial charge on any atom is -0.462 e. The Morgan fingerprint density at radius 3 is 0.877 bits per heavy atom. The van der Waals surface area contributed by atoms with Crippen LogP contribution in [0, 0.1) is 0 Å². The van der Waals surface area contributed by atoms with E-state index in [0.29, 0.717) is 19.3 Å². The van der Waals surface area contributed by atoms with Gasteiger partial charge < -0.3 is 14.2 Å². The molecule has 0 aliphatic heterocycles. The zero-order chi connectivity index (χ0) is 41.5. The standard InChI is InChI=1S/C51H92O6/c1-4-7-10-13-16-19-22-25-28-31-34-37-40-43-49(52)55-46-48(57-51(54)45-42-39-36-33-30-27-24-21-18-15-12-9-6-3)47-56-50(53)44-41-38-35-32-29-26-23-20-17-14-11-8-5-2/h25-30,48H,4-24,31-47H2,1-3H3. The zero-order valence-corrected chi connectivity index (χ0v) is 37.9. The molecule has 0 bridgehead atoms. The van der Waals surface area contributed by atoms with Crippen molar-refractivity contribution in [2.75, 3.05) is 13.2 Å². The van der Waals surface area contributed by atoms with Crippen molar-refractivity contribution < 1.29 is 28.6 Å². The van der Waals surface area contributed by atoms with E-state index in [1.807, 2.05) is 0 Å². The van der Waals surface area contributed by atoms with Crippen molar-refractivity contribution >= 4 is 17.9 Å². The van der Waals surface area contributed by atoms with E-state index in [1.54, 1.807) is 0 Å². The Morgan fingerprint density at radius 2 is 0.579 bits per heavy atom. The van der Waals surface area contributed by atoms with Gasteiger partial charge in [-0.05, 0) is 96.3 Å². The van der Waals surface area contributed by atoms with Gasteiger partial charge in [0.05, 0.1) is 0 Å². The summed E-state index contributed by atoms with van der Waals surface area (Å²) in [7, 11) is 0. The lowest BCUT2D eigenvalue weighted by atomic mass is 10.1. The number of hydrogen-bond donors (Lipinski definition) is 0. The molecule has 0 aliphatic rings. The van der Waals surface area contributed by atoms with Gasteiger partial charge in [0.25, 0.3) is 0 Å². The van der Waals surface area contributed by atoms with Gasteiger partial charge in [-0.3, -0.25) is 14.4 Å². The van der Waals surface area contributed by atoms with Crippen LogP contribution in [0.5, 0.6) is 0 Å². The SMILES string of the molecule is CCCCCCCCC=CCCCCCC(=O)OCC(COC(=O)CCCCCC=CCCCCCCCC)OC(=O)CCCCCC=CCCCCCCCC. The number of esters is 3. The van der Waals surface area contributed by atoms with Crippen LogP contribution in [-0.4, -0.2) is 37.2 Å². The average molecular weight is 801 g/mol. The molecule has 0 rings (SSSR count). The molecular formula is C51H92O6. The van der Waals surface area contributed by atoms with Gasteiger partial charge in [0.15, 0.2) is 6.10 Å². The third-order valence-corrected chi connectivity index (χ3v) is 10.6.